The number of hydrogen-bond acceptors (Lipinski definition) is 3. The Bertz CT molecular complexity index is 550. The molecule has 0 saturated heterocycles. The third kappa shape index (κ3) is 1.34. The summed E-state index contributed by atoms with van der Waals surface area (Å²) < 4.78 is 5.61. The molecule has 82 valence electrons. The fourth-order valence-corrected chi connectivity index (χ4v) is 2.22. The molecule has 3 rings (SSSR count). The second-order valence-electron chi connectivity index (χ2n) is 3.74. The molecule has 1 aliphatic rings. The van der Waals surface area contributed by atoms with Gasteiger partial charge >= 0.3 is 0 Å². The molecule has 1 aliphatic heterocycles. The molecule has 0 radical (unpaired) electrons. The molecular formula is C11H10ClN3O. The maximum atomic E-state index is 6.07. The minimum Gasteiger partial charge on any atom is -0.492 e. The van der Waals surface area contributed by atoms with Gasteiger partial charge < -0.3 is 10.5 Å². The lowest BCUT2D eigenvalue weighted by molar-refractivity contribution is 0.358. The minimum absolute atomic E-state index is 0.528. The topological polar surface area (TPSA) is 63.9 Å². The van der Waals surface area contributed by atoms with E-state index in [4.69, 9.17) is 22.1 Å². The van der Waals surface area contributed by atoms with E-state index >= 15 is 0 Å². The second kappa shape index (κ2) is 3.42. The number of benzene rings is 1. The van der Waals surface area contributed by atoms with Crippen molar-refractivity contribution >= 4 is 17.4 Å². The number of rotatable bonds is 1. The molecule has 0 fully saturated rings. The van der Waals surface area contributed by atoms with Crippen LogP contribution in [-0.4, -0.2) is 16.8 Å². The van der Waals surface area contributed by atoms with Crippen molar-refractivity contribution in [2.75, 3.05) is 12.3 Å². The number of anilines is 1. The maximum Gasteiger partial charge on any atom is 0.130 e. The molecule has 1 aromatic carbocycles. The van der Waals surface area contributed by atoms with E-state index in [2.05, 4.69) is 10.2 Å². The number of aromatic amines is 1. The van der Waals surface area contributed by atoms with Crippen molar-refractivity contribution < 1.29 is 4.74 Å². The molecule has 5 heteroatoms. The molecule has 4 nitrogen and oxygen atoms in total. The van der Waals surface area contributed by atoms with Crippen molar-refractivity contribution in [1.82, 2.24) is 10.2 Å². The van der Waals surface area contributed by atoms with Gasteiger partial charge in [0.05, 0.1) is 12.8 Å². The van der Waals surface area contributed by atoms with Gasteiger partial charge in [-0.1, -0.05) is 11.6 Å². The number of nitrogen functional groups attached to an aromatic ring is 1. The van der Waals surface area contributed by atoms with E-state index in [-0.39, 0.29) is 0 Å². The summed E-state index contributed by atoms with van der Waals surface area (Å²) >= 11 is 6.07. The fourth-order valence-electron chi connectivity index (χ4n) is 1.98. The summed E-state index contributed by atoms with van der Waals surface area (Å²) in [6.45, 7) is 0.695. The van der Waals surface area contributed by atoms with Crippen LogP contribution in [0.4, 0.5) is 5.82 Å². The van der Waals surface area contributed by atoms with Gasteiger partial charge in [-0.3, -0.25) is 5.10 Å². The van der Waals surface area contributed by atoms with Crippen molar-refractivity contribution in [2.45, 2.75) is 6.42 Å². The number of H-pyrrole nitrogens is 1. The van der Waals surface area contributed by atoms with Crippen LogP contribution < -0.4 is 10.5 Å². The number of nitrogens with one attached hydrogen (secondary N) is 1. The Morgan fingerprint density at radius 3 is 3.00 bits per heavy atom. The number of aromatic nitrogens is 2. The van der Waals surface area contributed by atoms with Crippen LogP contribution in [0.25, 0.3) is 11.1 Å². The first-order valence-corrected chi connectivity index (χ1v) is 5.38. The third-order valence-corrected chi connectivity index (χ3v) is 2.93. The van der Waals surface area contributed by atoms with Crippen molar-refractivity contribution in [3.05, 3.63) is 28.9 Å². The Hall–Kier alpha value is -1.68. The number of nitrogens with zero attached hydrogens (tertiary/aromatic N) is 1. The van der Waals surface area contributed by atoms with Gasteiger partial charge in [-0.25, -0.2) is 0 Å². The van der Waals surface area contributed by atoms with Crippen LogP contribution in [0, 0.1) is 0 Å². The fraction of sp³-hybridized carbons (Fsp3) is 0.182. The van der Waals surface area contributed by atoms with Crippen molar-refractivity contribution in [2.24, 2.45) is 0 Å². The summed E-state index contributed by atoms with van der Waals surface area (Å²) in [7, 11) is 0. The van der Waals surface area contributed by atoms with E-state index in [1.165, 1.54) is 0 Å². The van der Waals surface area contributed by atoms with Gasteiger partial charge in [0.25, 0.3) is 0 Å². The van der Waals surface area contributed by atoms with Crippen LogP contribution in [0.2, 0.25) is 5.02 Å². The molecule has 0 saturated carbocycles. The Kier molecular flexibility index (Phi) is 2.04. The quantitative estimate of drug-likeness (QED) is 0.797. The number of halogens is 1. The minimum atomic E-state index is 0.528. The van der Waals surface area contributed by atoms with Gasteiger partial charge in [0.15, 0.2) is 0 Å². The van der Waals surface area contributed by atoms with E-state index in [1.807, 2.05) is 12.1 Å². The van der Waals surface area contributed by atoms with Gasteiger partial charge in [0, 0.05) is 22.6 Å². The van der Waals surface area contributed by atoms with Crippen molar-refractivity contribution in [3.8, 4) is 16.9 Å². The molecule has 0 bridgehead atoms. The number of hydrogen-bond donors (Lipinski definition) is 2. The first kappa shape index (κ1) is 9.54. The van der Waals surface area contributed by atoms with Crippen molar-refractivity contribution in [1.29, 1.82) is 0 Å². The van der Waals surface area contributed by atoms with Crippen LogP contribution in [0.15, 0.2) is 18.3 Å². The van der Waals surface area contributed by atoms with E-state index in [9.17, 15) is 0 Å². The molecule has 0 spiro atoms. The predicted molar refractivity (Wildman–Crippen MR) is 62.6 cm³/mol. The average molecular weight is 236 g/mol. The van der Waals surface area contributed by atoms with E-state index in [0.29, 0.717) is 17.4 Å². The summed E-state index contributed by atoms with van der Waals surface area (Å²) in [4.78, 5) is 0. The smallest absolute Gasteiger partial charge is 0.130 e. The SMILES string of the molecule is Nc1[nH]ncc1-c1cc(Cl)cc2c1OCC2. The molecule has 0 unspecified atom stereocenters. The zero-order chi connectivity index (χ0) is 11.1. The van der Waals surface area contributed by atoms with Crippen LogP contribution in [-0.2, 0) is 6.42 Å². The lowest BCUT2D eigenvalue weighted by Crippen LogP contribution is -1.91. The van der Waals surface area contributed by atoms with Crippen LogP contribution in [0.1, 0.15) is 5.56 Å². The van der Waals surface area contributed by atoms with Crippen molar-refractivity contribution in [3.63, 3.8) is 0 Å². The summed E-state index contributed by atoms with van der Waals surface area (Å²) in [5.74, 6) is 1.40. The predicted octanol–water partition coefficient (Wildman–Crippen LogP) is 2.25. The summed E-state index contributed by atoms with van der Waals surface area (Å²) in [5, 5.41) is 7.31. The van der Waals surface area contributed by atoms with Crippen LogP contribution in [0.5, 0.6) is 5.75 Å². The normalized spacial score (nSPS) is 13.6. The Morgan fingerprint density at radius 2 is 2.25 bits per heavy atom. The van der Waals surface area contributed by atoms with Crippen LogP contribution in [0.3, 0.4) is 0 Å². The Morgan fingerprint density at radius 1 is 1.38 bits per heavy atom. The first-order chi connectivity index (χ1) is 7.75. The average Bonchev–Trinajstić information content (AvgIpc) is 2.84. The van der Waals surface area contributed by atoms with E-state index in [0.717, 1.165) is 28.9 Å². The maximum absolute atomic E-state index is 6.07. The summed E-state index contributed by atoms with van der Waals surface area (Å²) in [6, 6.07) is 3.79. The summed E-state index contributed by atoms with van der Waals surface area (Å²) in [5.41, 5.74) is 8.67. The second-order valence-corrected chi connectivity index (χ2v) is 4.17. The highest BCUT2D eigenvalue weighted by atomic mass is 35.5. The molecule has 0 atom stereocenters. The van der Waals surface area contributed by atoms with Gasteiger partial charge in [0.2, 0.25) is 0 Å². The Balaban J connectivity index is 2.25. The van der Waals surface area contributed by atoms with E-state index in [1.54, 1.807) is 6.20 Å². The summed E-state index contributed by atoms with van der Waals surface area (Å²) in [6.07, 6.45) is 2.57. The van der Waals surface area contributed by atoms with Gasteiger partial charge in [-0.05, 0) is 17.7 Å². The molecule has 2 aromatic rings. The van der Waals surface area contributed by atoms with Gasteiger partial charge in [0.1, 0.15) is 11.6 Å². The third-order valence-electron chi connectivity index (χ3n) is 2.71. The van der Waals surface area contributed by atoms with Gasteiger partial charge in [-0.15, -0.1) is 0 Å². The molecule has 3 N–H and O–H groups in total. The number of nitrogens with two attached hydrogens (primary N) is 1. The highest BCUT2D eigenvalue weighted by Gasteiger charge is 2.20. The zero-order valence-electron chi connectivity index (χ0n) is 8.46. The standard InChI is InChI=1S/C11H10ClN3O/c12-7-3-6-1-2-16-10(6)8(4-7)9-5-14-15-11(9)13/h3-5H,1-2H2,(H3,13,14,15). The van der Waals surface area contributed by atoms with Gasteiger partial charge in [-0.2, -0.15) is 5.10 Å². The van der Waals surface area contributed by atoms with E-state index < -0.39 is 0 Å². The monoisotopic (exact) mass is 235 g/mol. The largest absolute Gasteiger partial charge is 0.492 e. The number of fused-ring (bicyclic) bond motifs is 1. The lowest BCUT2D eigenvalue weighted by Gasteiger charge is -2.07. The molecule has 1 aromatic heterocycles. The lowest BCUT2D eigenvalue weighted by atomic mass is 10.0. The Labute approximate surface area is 97.4 Å². The molecule has 0 amide bonds. The zero-order valence-corrected chi connectivity index (χ0v) is 9.21. The molecule has 16 heavy (non-hydrogen) atoms. The highest BCUT2D eigenvalue weighted by molar-refractivity contribution is 6.31. The van der Waals surface area contributed by atoms with Crippen LogP contribution >= 0.6 is 11.6 Å². The highest BCUT2D eigenvalue weighted by Crippen LogP contribution is 2.40. The first-order valence-electron chi connectivity index (χ1n) is 5.00. The molecule has 0 aliphatic carbocycles. The number of ether oxygens (including phenoxy) is 1. The molecule has 2 heterocycles. The molecular weight excluding hydrogens is 226 g/mol.